The molecule has 2 rings (SSSR count). The molecule has 0 spiro atoms. The Balaban J connectivity index is 1.85. The normalized spacial score (nSPS) is 16.0. The number of piperidine rings is 1. The molecule has 1 aromatic heterocycles. The maximum absolute atomic E-state index is 12.0. The van der Waals surface area contributed by atoms with Gasteiger partial charge < -0.3 is 15.5 Å². The van der Waals surface area contributed by atoms with Crippen molar-refractivity contribution < 1.29 is 4.79 Å². The SMILES string of the molecule is CNCCCNC(=O)c1ccc(N2CCC(C)CC2)nc1. The van der Waals surface area contributed by atoms with Gasteiger partial charge in [0.25, 0.3) is 5.91 Å². The first kappa shape index (κ1) is 15.8. The molecule has 0 atom stereocenters. The van der Waals surface area contributed by atoms with Crippen LogP contribution in [0.2, 0.25) is 0 Å². The second-order valence-corrected chi connectivity index (χ2v) is 5.79. The van der Waals surface area contributed by atoms with E-state index >= 15 is 0 Å². The Kier molecular flexibility index (Phi) is 5.99. The summed E-state index contributed by atoms with van der Waals surface area (Å²) in [5.74, 6) is 1.75. The summed E-state index contributed by atoms with van der Waals surface area (Å²) >= 11 is 0. The smallest absolute Gasteiger partial charge is 0.252 e. The van der Waals surface area contributed by atoms with Crippen molar-refractivity contribution in [3.8, 4) is 0 Å². The number of nitrogens with zero attached hydrogens (tertiary/aromatic N) is 2. The first-order valence-electron chi connectivity index (χ1n) is 7.84. The summed E-state index contributed by atoms with van der Waals surface area (Å²) in [6.07, 6.45) is 5.05. The molecule has 116 valence electrons. The van der Waals surface area contributed by atoms with Crippen LogP contribution in [0.4, 0.5) is 5.82 Å². The number of amides is 1. The molecule has 1 aliphatic rings. The molecule has 1 aliphatic heterocycles. The largest absolute Gasteiger partial charge is 0.357 e. The third-order valence-electron chi connectivity index (χ3n) is 4.01. The molecular weight excluding hydrogens is 264 g/mol. The van der Waals surface area contributed by atoms with Crippen LogP contribution in [0.25, 0.3) is 0 Å². The number of nitrogens with one attached hydrogen (secondary N) is 2. The summed E-state index contributed by atoms with van der Waals surface area (Å²) in [5, 5.41) is 5.96. The highest BCUT2D eigenvalue weighted by Gasteiger charge is 2.17. The van der Waals surface area contributed by atoms with E-state index in [-0.39, 0.29) is 5.91 Å². The molecule has 0 radical (unpaired) electrons. The van der Waals surface area contributed by atoms with E-state index in [4.69, 9.17) is 0 Å². The van der Waals surface area contributed by atoms with Crippen molar-refractivity contribution in [3.63, 3.8) is 0 Å². The third kappa shape index (κ3) is 4.70. The van der Waals surface area contributed by atoms with Crippen LogP contribution in [0, 0.1) is 5.92 Å². The number of aromatic nitrogens is 1. The van der Waals surface area contributed by atoms with Gasteiger partial charge in [-0.25, -0.2) is 4.98 Å². The van der Waals surface area contributed by atoms with E-state index in [0.29, 0.717) is 12.1 Å². The van der Waals surface area contributed by atoms with Crippen molar-refractivity contribution >= 4 is 11.7 Å². The lowest BCUT2D eigenvalue weighted by Crippen LogP contribution is -2.33. The van der Waals surface area contributed by atoms with E-state index in [1.54, 1.807) is 6.20 Å². The lowest BCUT2D eigenvalue weighted by Gasteiger charge is -2.31. The van der Waals surface area contributed by atoms with E-state index in [9.17, 15) is 4.79 Å². The molecular formula is C16H26N4O. The van der Waals surface area contributed by atoms with E-state index in [1.165, 1.54) is 12.8 Å². The topological polar surface area (TPSA) is 57.3 Å². The molecule has 1 saturated heterocycles. The van der Waals surface area contributed by atoms with Crippen LogP contribution < -0.4 is 15.5 Å². The van der Waals surface area contributed by atoms with Crippen molar-refractivity contribution in [2.24, 2.45) is 5.92 Å². The van der Waals surface area contributed by atoms with Crippen molar-refractivity contribution in [2.75, 3.05) is 38.1 Å². The molecule has 21 heavy (non-hydrogen) atoms. The van der Waals surface area contributed by atoms with Gasteiger partial charge in [0.15, 0.2) is 0 Å². The Morgan fingerprint density at radius 2 is 2.10 bits per heavy atom. The van der Waals surface area contributed by atoms with Crippen molar-refractivity contribution in [1.29, 1.82) is 0 Å². The maximum atomic E-state index is 12.0. The maximum Gasteiger partial charge on any atom is 0.252 e. The van der Waals surface area contributed by atoms with Gasteiger partial charge in [-0.3, -0.25) is 4.79 Å². The molecule has 0 aliphatic carbocycles. The molecule has 0 aromatic carbocycles. The lowest BCUT2D eigenvalue weighted by atomic mass is 9.99. The molecule has 5 nitrogen and oxygen atoms in total. The van der Waals surface area contributed by atoms with E-state index < -0.39 is 0 Å². The van der Waals surface area contributed by atoms with Crippen molar-refractivity contribution in [1.82, 2.24) is 15.6 Å². The van der Waals surface area contributed by atoms with Gasteiger partial charge in [-0.2, -0.15) is 0 Å². The summed E-state index contributed by atoms with van der Waals surface area (Å²) in [4.78, 5) is 18.7. The van der Waals surface area contributed by atoms with Crippen LogP contribution in [-0.4, -0.2) is 44.1 Å². The van der Waals surface area contributed by atoms with Crippen LogP contribution in [-0.2, 0) is 0 Å². The zero-order valence-electron chi connectivity index (χ0n) is 13.1. The predicted molar refractivity (Wildman–Crippen MR) is 85.7 cm³/mol. The number of rotatable bonds is 6. The summed E-state index contributed by atoms with van der Waals surface area (Å²) < 4.78 is 0. The van der Waals surface area contributed by atoms with Gasteiger partial charge in [-0.05, 0) is 50.9 Å². The fourth-order valence-corrected chi connectivity index (χ4v) is 2.51. The quantitative estimate of drug-likeness (QED) is 0.782. The molecule has 1 amide bonds. The predicted octanol–water partition coefficient (Wildman–Crippen LogP) is 1.66. The number of carbonyl (C=O) groups is 1. The van der Waals surface area contributed by atoms with Gasteiger partial charge in [0, 0.05) is 25.8 Å². The van der Waals surface area contributed by atoms with Crippen LogP contribution >= 0.6 is 0 Å². The highest BCUT2D eigenvalue weighted by molar-refractivity contribution is 5.94. The standard InChI is InChI=1S/C16H26N4O/c1-13-6-10-20(11-7-13)15-5-4-14(12-19-15)16(21)18-9-3-8-17-2/h4-5,12-13,17H,3,6-11H2,1-2H3,(H,18,21). The minimum atomic E-state index is -0.0441. The highest BCUT2D eigenvalue weighted by atomic mass is 16.1. The fourth-order valence-electron chi connectivity index (χ4n) is 2.51. The Bertz CT molecular complexity index is 438. The average molecular weight is 290 g/mol. The zero-order valence-corrected chi connectivity index (χ0v) is 13.1. The molecule has 0 bridgehead atoms. The van der Waals surface area contributed by atoms with Crippen LogP contribution in [0.15, 0.2) is 18.3 Å². The minimum Gasteiger partial charge on any atom is -0.357 e. The van der Waals surface area contributed by atoms with Gasteiger partial charge in [0.05, 0.1) is 5.56 Å². The molecule has 5 heteroatoms. The number of hydrogen-bond acceptors (Lipinski definition) is 4. The van der Waals surface area contributed by atoms with E-state index in [1.807, 2.05) is 19.2 Å². The fraction of sp³-hybridized carbons (Fsp3) is 0.625. The number of carbonyl (C=O) groups excluding carboxylic acids is 1. The third-order valence-corrected chi connectivity index (χ3v) is 4.01. The molecule has 2 heterocycles. The Morgan fingerprint density at radius 1 is 1.33 bits per heavy atom. The van der Waals surface area contributed by atoms with Gasteiger partial charge in [0.1, 0.15) is 5.82 Å². The van der Waals surface area contributed by atoms with Crippen LogP contribution in [0.1, 0.15) is 36.5 Å². The first-order chi connectivity index (χ1) is 10.2. The van der Waals surface area contributed by atoms with E-state index in [0.717, 1.165) is 37.8 Å². The van der Waals surface area contributed by atoms with Crippen molar-refractivity contribution in [2.45, 2.75) is 26.2 Å². The minimum absolute atomic E-state index is 0.0441. The highest BCUT2D eigenvalue weighted by Crippen LogP contribution is 2.21. The van der Waals surface area contributed by atoms with Crippen LogP contribution in [0.3, 0.4) is 0 Å². The number of hydrogen-bond donors (Lipinski definition) is 2. The van der Waals surface area contributed by atoms with Gasteiger partial charge in [0.2, 0.25) is 0 Å². The Labute approximate surface area is 127 Å². The van der Waals surface area contributed by atoms with Crippen molar-refractivity contribution in [3.05, 3.63) is 23.9 Å². The number of anilines is 1. The van der Waals surface area contributed by atoms with Crippen LogP contribution in [0.5, 0.6) is 0 Å². The summed E-state index contributed by atoms with van der Waals surface area (Å²) in [6, 6.07) is 3.83. The molecule has 0 saturated carbocycles. The van der Waals surface area contributed by atoms with Gasteiger partial charge >= 0.3 is 0 Å². The Morgan fingerprint density at radius 3 is 2.71 bits per heavy atom. The molecule has 1 aromatic rings. The molecule has 2 N–H and O–H groups in total. The zero-order chi connectivity index (χ0) is 15.1. The van der Waals surface area contributed by atoms with Gasteiger partial charge in [-0.1, -0.05) is 6.92 Å². The lowest BCUT2D eigenvalue weighted by molar-refractivity contribution is 0.0953. The summed E-state index contributed by atoms with van der Waals surface area (Å²) in [5.41, 5.74) is 0.633. The molecule has 0 unspecified atom stereocenters. The second kappa shape index (κ2) is 7.98. The van der Waals surface area contributed by atoms with E-state index in [2.05, 4.69) is 27.4 Å². The van der Waals surface area contributed by atoms with Gasteiger partial charge in [-0.15, -0.1) is 0 Å². The average Bonchev–Trinajstić information content (AvgIpc) is 2.52. The summed E-state index contributed by atoms with van der Waals surface area (Å²) in [6.45, 7) is 6.01. The summed E-state index contributed by atoms with van der Waals surface area (Å²) in [7, 11) is 1.91. The first-order valence-corrected chi connectivity index (χ1v) is 7.84. The number of pyridine rings is 1. The Hall–Kier alpha value is -1.62. The monoisotopic (exact) mass is 290 g/mol. The molecule has 1 fully saturated rings. The second-order valence-electron chi connectivity index (χ2n) is 5.79.